The first-order valence-corrected chi connectivity index (χ1v) is 9.46. The largest absolute Gasteiger partial charge is 0.493 e. The SMILES string of the molecule is CC(C)(C)OC(=O)Nc1ccc(OCCCc2ccncc2)c2ccccc12. The van der Waals surface area contributed by atoms with Gasteiger partial charge in [-0.25, -0.2) is 4.79 Å². The predicted molar refractivity (Wildman–Crippen MR) is 112 cm³/mol. The number of anilines is 1. The average molecular weight is 378 g/mol. The first-order chi connectivity index (χ1) is 13.4. The molecule has 146 valence electrons. The van der Waals surface area contributed by atoms with Crippen molar-refractivity contribution in [3.05, 3.63) is 66.5 Å². The number of nitrogens with zero attached hydrogens (tertiary/aromatic N) is 1. The number of rotatable bonds is 6. The van der Waals surface area contributed by atoms with Gasteiger partial charge in [0.25, 0.3) is 0 Å². The summed E-state index contributed by atoms with van der Waals surface area (Å²) in [5.74, 6) is 0.806. The maximum Gasteiger partial charge on any atom is 0.412 e. The highest BCUT2D eigenvalue weighted by atomic mass is 16.6. The Labute approximate surface area is 165 Å². The summed E-state index contributed by atoms with van der Waals surface area (Å²) in [6.45, 7) is 6.14. The Bertz CT molecular complexity index is 933. The lowest BCUT2D eigenvalue weighted by molar-refractivity contribution is 0.0636. The Morgan fingerprint density at radius 3 is 2.43 bits per heavy atom. The van der Waals surface area contributed by atoms with E-state index >= 15 is 0 Å². The maximum absolute atomic E-state index is 12.1. The average Bonchev–Trinajstić information content (AvgIpc) is 2.66. The van der Waals surface area contributed by atoms with Crippen LogP contribution in [0.5, 0.6) is 5.75 Å². The van der Waals surface area contributed by atoms with Crippen LogP contribution in [-0.2, 0) is 11.2 Å². The lowest BCUT2D eigenvalue weighted by Gasteiger charge is -2.20. The van der Waals surface area contributed by atoms with Gasteiger partial charge in [0, 0.05) is 23.2 Å². The van der Waals surface area contributed by atoms with Gasteiger partial charge in [-0.1, -0.05) is 24.3 Å². The van der Waals surface area contributed by atoms with E-state index in [0.29, 0.717) is 12.3 Å². The van der Waals surface area contributed by atoms with Gasteiger partial charge < -0.3 is 9.47 Å². The van der Waals surface area contributed by atoms with Gasteiger partial charge in [0.2, 0.25) is 0 Å². The number of carbonyl (C=O) groups excluding carboxylic acids is 1. The summed E-state index contributed by atoms with van der Waals surface area (Å²) in [5, 5.41) is 4.71. The van der Waals surface area contributed by atoms with Gasteiger partial charge in [-0.05, 0) is 63.4 Å². The van der Waals surface area contributed by atoms with Gasteiger partial charge in [-0.2, -0.15) is 0 Å². The van der Waals surface area contributed by atoms with Crippen LogP contribution in [0.4, 0.5) is 10.5 Å². The number of carbonyl (C=O) groups is 1. The van der Waals surface area contributed by atoms with Gasteiger partial charge in [0.15, 0.2) is 0 Å². The number of fused-ring (bicyclic) bond motifs is 1. The highest BCUT2D eigenvalue weighted by molar-refractivity contribution is 6.02. The summed E-state index contributed by atoms with van der Waals surface area (Å²) in [7, 11) is 0. The molecule has 5 nitrogen and oxygen atoms in total. The van der Waals surface area contributed by atoms with Gasteiger partial charge in [0.05, 0.1) is 12.3 Å². The van der Waals surface area contributed by atoms with Gasteiger partial charge >= 0.3 is 6.09 Å². The second-order valence-corrected chi connectivity index (χ2v) is 7.59. The molecule has 1 N–H and O–H groups in total. The smallest absolute Gasteiger partial charge is 0.412 e. The van der Waals surface area contributed by atoms with E-state index in [2.05, 4.69) is 10.3 Å². The molecular weight excluding hydrogens is 352 g/mol. The molecule has 0 bridgehead atoms. The molecule has 0 saturated carbocycles. The first-order valence-electron chi connectivity index (χ1n) is 9.46. The lowest BCUT2D eigenvalue weighted by Crippen LogP contribution is -2.27. The Hall–Kier alpha value is -3.08. The van der Waals surface area contributed by atoms with Crippen LogP contribution < -0.4 is 10.1 Å². The second kappa shape index (κ2) is 8.74. The molecule has 0 radical (unpaired) electrons. The van der Waals surface area contributed by atoms with Crippen molar-refractivity contribution in [3.8, 4) is 5.75 Å². The molecule has 3 rings (SSSR count). The predicted octanol–water partition coefficient (Wildman–Crippen LogP) is 5.59. The Morgan fingerprint density at radius 2 is 1.71 bits per heavy atom. The van der Waals surface area contributed by atoms with E-state index in [1.54, 1.807) is 12.4 Å². The molecular formula is C23H26N2O3. The molecule has 0 fully saturated rings. The summed E-state index contributed by atoms with van der Waals surface area (Å²) < 4.78 is 11.4. The zero-order valence-corrected chi connectivity index (χ0v) is 16.6. The van der Waals surface area contributed by atoms with Crippen molar-refractivity contribution in [2.45, 2.75) is 39.2 Å². The van der Waals surface area contributed by atoms with Crippen LogP contribution in [0.15, 0.2) is 60.9 Å². The van der Waals surface area contributed by atoms with Gasteiger partial charge in [-0.15, -0.1) is 0 Å². The zero-order valence-electron chi connectivity index (χ0n) is 16.6. The van der Waals surface area contributed by atoms with Crippen LogP contribution in [0.25, 0.3) is 10.8 Å². The van der Waals surface area contributed by atoms with Crippen molar-refractivity contribution in [1.82, 2.24) is 4.98 Å². The molecule has 0 unspecified atom stereocenters. The molecule has 1 amide bonds. The minimum atomic E-state index is -0.544. The molecule has 0 spiro atoms. The van der Waals surface area contributed by atoms with Crippen molar-refractivity contribution in [2.75, 3.05) is 11.9 Å². The summed E-state index contributed by atoms with van der Waals surface area (Å²) in [6, 6.07) is 15.6. The zero-order chi connectivity index (χ0) is 20.0. The fourth-order valence-electron chi connectivity index (χ4n) is 2.93. The fraction of sp³-hybridized carbons (Fsp3) is 0.304. The van der Waals surface area contributed by atoms with E-state index in [9.17, 15) is 4.79 Å². The number of pyridine rings is 1. The van der Waals surface area contributed by atoms with E-state index in [1.165, 1.54) is 5.56 Å². The van der Waals surface area contributed by atoms with Crippen LogP contribution in [-0.4, -0.2) is 23.3 Å². The number of hydrogen-bond donors (Lipinski definition) is 1. The molecule has 3 aromatic rings. The standard InChI is InChI=1S/C23H26N2O3/c1-23(2,3)28-22(26)25-20-10-11-21(19-9-5-4-8-18(19)20)27-16-6-7-17-12-14-24-15-13-17/h4-5,8-15H,6-7,16H2,1-3H3,(H,25,26). The molecule has 2 aromatic carbocycles. The first kappa shape index (κ1) is 19.7. The monoisotopic (exact) mass is 378 g/mol. The van der Waals surface area contributed by atoms with Crippen LogP contribution in [0, 0.1) is 0 Å². The highest BCUT2D eigenvalue weighted by Gasteiger charge is 2.17. The highest BCUT2D eigenvalue weighted by Crippen LogP contribution is 2.32. The summed E-state index contributed by atoms with van der Waals surface area (Å²) in [4.78, 5) is 16.2. The fourth-order valence-corrected chi connectivity index (χ4v) is 2.93. The Morgan fingerprint density at radius 1 is 1.00 bits per heavy atom. The van der Waals surface area contributed by atoms with Crippen molar-refractivity contribution in [2.24, 2.45) is 0 Å². The normalized spacial score (nSPS) is 11.2. The summed E-state index contributed by atoms with van der Waals surface area (Å²) >= 11 is 0. The number of amides is 1. The summed E-state index contributed by atoms with van der Waals surface area (Å²) in [6.07, 6.45) is 5.00. The van der Waals surface area contributed by atoms with Crippen molar-refractivity contribution < 1.29 is 14.3 Å². The van der Waals surface area contributed by atoms with E-state index in [-0.39, 0.29) is 0 Å². The number of benzene rings is 2. The number of nitrogens with one attached hydrogen (secondary N) is 1. The third kappa shape index (κ3) is 5.46. The summed E-state index contributed by atoms with van der Waals surface area (Å²) in [5.41, 5.74) is 1.41. The van der Waals surface area contributed by atoms with Crippen molar-refractivity contribution >= 4 is 22.6 Å². The van der Waals surface area contributed by atoms with E-state index in [4.69, 9.17) is 9.47 Å². The molecule has 28 heavy (non-hydrogen) atoms. The Balaban J connectivity index is 1.68. The van der Waals surface area contributed by atoms with Gasteiger partial charge in [0.1, 0.15) is 11.4 Å². The van der Waals surface area contributed by atoms with Crippen molar-refractivity contribution in [1.29, 1.82) is 0 Å². The molecule has 0 aliphatic carbocycles. The van der Waals surface area contributed by atoms with Crippen LogP contribution in [0.2, 0.25) is 0 Å². The van der Waals surface area contributed by atoms with Crippen LogP contribution >= 0.6 is 0 Å². The maximum atomic E-state index is 12.1. The minimum absolute atomic E-state index is 0.469. The molecule has 0 aliphatic rings. The molecule has 1 aromatic heterocycles. The third-order valence-electron chi connectivity index (χ3n) is 4.14. The Kier molecular flexibility index (Phi) is 6.14. The van der Waals surface area contributed by atoms with Crippen LogP contribution in [0.1, 0.15) is 32.8 Å². The molecule has 1 heterocycles. The number of hydrogen-bond acceptors (Lipinski definition) is 4. The molecule has 0 aliphatic heterocycles. The number of ether oxygens (including phenoxy) is 2. The van der Waals surface area contributed by atoms with E-state index in [1.807, 2.05) is 69.3 Å². The lowest BCUT2D eigenvalue weighted by atomic mass is 10.1. The third-order valence-corrected chi connectivity index (χ3v) is 4.14. The minimum Gasteiger partial charge on any atom is -0.493 e. The quantitative estimate of drug-likeness (QED) is 0.568. The van der Waals surface area contributed by atoms with Crippen LogP contribution in [0.3, 0.4) is 0 Å². The second-order valence-electron chi connectivity index (χ2n) is 7.59. The van der Waals surface area contributed by atoms with E-state index < -0.39 is 11.7 Å². The number of aryl methyl sites for hydroxylation is 1. The number of aromatic nitrogens is 1. The van der Waals surface area contributed by atoms with Gasteiger partial charge in [-0.3, -0.25) is 10.3 Å². The molecule has 0 atom stereocenters. The molecule has 5 heteroatoms. The topological polar surface area (TPSA) is 60.5 Å². The molecule has 0 saturated heterocycles. The van der Waals surface area contributed by atoms with Crippen molar-refractivity contribution in [3.63, 3.8) is 0 Å². The van der Waals surface area contributed by atoms with E-state index in [0.717, 1.165) is 29.4 Å².